The van der Waals surface area contributed by atoms with E-state index in [0.29, 0.717) is 22.8 Å². The fraction of sp³-hybridized carbons (Fsp3) is 0.250. The summed E-state index contributed by atoms with van der Waals surface area (Å²) in [4.78, 5) is 20.7. The second-order valence-electron chi connectivity index (χ2n) is 4.44. The fourth-order valence-corrected chi connectivity index (χ4v) is 2.01. The molecule has 0 unspecified atom stereocenters. The first kappa shape index (κ1) is 16.2. The van der Waals surface area contributed by atoms with E-state index in [4.69, 9.17) is 14.7 Å². The van der Waals surface area contributed by atoms with Crippen LogP contribution in [0.4, 0.5) is 5.82 Å². The Morgan fingerprint density at radius 3 is 2.78 bits per heavy atom. The third kappa shape index (κ3) is 3.37. The van der Waals surface area contributed by atoms with Crippen LogP contribution in [0.15, 0.2) is 24.3 Å². The van der Waals surface area contributed by atoms with Crippen LogP contribution in [-0.2, 0) is 4.74 Å². The van der Waals surface area contributed by atoms with E-state index < -0.39 is 5.97 Å². The molecule has 118 valence electrons. The molecule has 0 aliphatic heterocycles. The minimum absolute atomic E-state index is 0.111. The first-order valence-corrected chi connectivity index (χ1v) is 6.96. The number of benzene rings is 1. The molecule has 1 aromatic carbocycles. The van der Waals surface area contributed by atoms with Crippen molar-refractivity contribution in [2.75, 3.05) is 26.1 Å². The van der Waals surface area contributed by atoms with Crippen molar-refractivity contribution in [3.63, 3.8) is 0 Å². The van der Waals surface area contributed by atoms with Gasteiger partial charge in [0.2, 0.25) is 5.88 Å². The molecule has 0 radical (unpaired) electrons. The van der Waals surface area contributed by atoms with Crippen molar-refractivity contribution in [3.05, 3.63) is 35.4 Å². The van der Waals surface area contributed by atoms with Gasteiger partial charge in [-0.15, -0.1) is 0 Å². The lowest BCUT2D eigenvalue weighted by molar-refractivity contribution is 0.0522. The SMILES string of the molecule is CCOC(=O)c1c(NC)nc(-c2cccc(C#N)c2)nc1OC. The molecule has 1 heterocycles. The molecule has 0 saturated carbocycles. The van der Waals surface area contributed by atoms with Gasteiger partial charge in [-0.1, -0.05) is 12.1 Å². The van der Waals surface area contributed by atoms with Gasteiger partial charge in [0.25, 0.3) is 0 Å². The van der Waals surface area contributed by atoms with Crippen LogP contribution in [0.5, 0.6) is 5.88 Å². The molecule has 7 nitrogen and oxygen atoms in total. The number of nitrogens with one attached hydrogen (secondary N) is 1. The Hall–Kier alpha value is -3.14. The van der Waals surface area contributed by atoms with Gasteiger partial charge in [0.05, 0.1) is 25.3 Å². The summed E-state index contributed by atoms with van der Waals surface area (Å²) in [7, 11) is 3.06. The van der Waals surface area contributed by atoms with Gasteiger partial charge in [-0.2, -0.15) is 10.2 Å². The highest BCUT2D eigenvalue weighted by molar-refractivity contribution is 5.97. The number of carbonyl (C=O) groups is 1. The molecule has 23 heavy (non-hydrogen) atoms. The maximum Gasteiger partial charge on any atom is 0.347 e. The Bertz CT molecular complexity index is 743. The van der Waals surface area contributed by atoms with Crippen LogP contribution < -0.4 is 10.1 Å². The first-order chi connectivity index (χ1) is 11.1. The predicted octanol–water partition coefficient (Wildman–Crippen LogP) is 2.24. The third-order valence-corrected chi connectivity index (χ3v) is 3.04. The largest absolute Gasteiger partial charge is 0.480 e. The Kier molecular flexibility index (Phi) is 5.10. The molecule has 0 fully saturated rings. The Morgan fingerprint density at radius 2 is 2.17 bits per heavy atom. The fourth-order valence-electron chi connectivity index (χ4n) is 2.01. The van der Waals surface area contributed by atoms with Crippen molar-refractivity contribution in [3.8, 4) is 23.3 Å². The van der Waals surface area contributed by atoms with E-state index >= 15 is 0 Å². The van der Waals surface area contributed by atoms with Gasteiger partial charge < -0.3 is 14.8 Å². The Morgan fingerprint density at radius 1 is 1.39 bits per heavy atom. The highest BCUT2D eigenvalue weighted by Gasteiger charge is 2.23. The monoisotopic (exact) mass is 312 g/mol. The first-order valence-electron chi connectivity index (χ1n) is 6.96. The molecular weight excluding hydrogens is 296 g/mol. The summed E-state index contributed by atoms with van der Waals surface area (Å²) < 4.78 is 10.2. The van der Waals surface area contributed by atoms with Gasteiger partial charge in [0.1, 0.15) is 5.82 Å². The van der Waals surface area contributed by atoms with E-state index in [-0.39, 0.29) is 18.1 Å². The van der Waals surface area contributed by atoms with Gasteiger partial charge in [-0.3, -0.25) is 0 Å². The van der Waals surface area contributed by atoms with Crippen molar-refractivity contribution < 1.29 is 14.3 Å². The number of nitrogens with zero attached hydrogens (tertiary/aromatic N) is 3. The Labute approximate surface area is 133 Å². The zero-order chi connectivity index (χ0) is 16.8. The summed E-state index contributed by atoms with van der Waals surface area (Å²) in [5, 5.41) is 11.8. The van der Waals surface area contributed by atoms with Crippen LogP contribution in [0.25, 0.3) is 11.4 Å². The molecule has 2 aromatic rings. The van der Waals surface area contributed by atoms with E-state index in [1.165, 1.54) is 7.11 Å². The van der Waals surface area contributed by atoms with E-state index in [1.54, 1.807) is 38.2 Å². The molecular formula is C16H16N4O3. The molecule has 0 bridgehead atoms. The van der Waals surface area contributed by atoms with E-state index in [0.717, 1.165) is 0 Å². The number of hydrogen-bond acceptors (Lipinski definition) is 7. The van der Waals surface area contributed by atoms with Crippen LogP contribution in [0, 0.1) is 11.3 Å². The average Bonchev–Trinajstić information content (AvgIpc) is 2.60. The van der Waals surface area contributed by atoms with Crippen LogP contribution in [0.1, 0.15) is 22.8 Å². The highest BCUT2D eigenvalue weighted by Crippen LogP contribution is 2.28. The van der Waals surface area contributed by atoms with E-state index in [9.17, 15) is 4.79 Å². The summed E-state index contributed by atoms with van der Waals surface area (Å²) in [6.07, 6.45) is 0. The molecule has 1 aromatic heterocycles. The Balaban J connectivity index is 2.60. The zero-order valence-electron chi connectivity index (χ0n) is 13.1. The van der Waals surface area contributed by atoms with Gasteiger partial charge >= 0.3 is 5.97 Å². The van der Waals surface area contributed by atoms with Gasteiger partial charge in [0.15, 0.2) is 11.4 Å². The summed E-state index contributed by atoms with van der Waals surface area (Å²) >= 11 is 0. The lowest BCUT2D eigenvalue weighted by Crippen LogP contribution is -2.13. The number of aromatic nitrogens is 2. The lowest BCUT2D eigenvalue weighted by atomic mass is 10.1. The molecule has 0 atom stereocenters. The van der Waals surface area contributed by atoms with E-state index in [2.05, 4.69) is 21.4 Å². The summed E-state index contributed by atoms with van der Waals surface area (Å²) in [6, 6.07) is 8.93. The molecule has 0 saturated heterocycles. The van der Waals surface area contributed by atoms with E-state index in [1.807, 2.05) is 0 Å². The quantitative estimate of drug-likeness (QED) is 0.845. The maximum absolute atomic E-state index is 12.1. The minimum atomic E-state index is -0.564. The van der Waals surface area contributed by atoms with Crippen LogP contribution in [-0.4, -0.2) is 36.7 Å². The second-order valence-corrected chi connectivity index (χ2v) is 4.44. The predicted molar refractivity (Wildman–Crippen MR) is 84.2 cm³/mol. The smallest absolute Gasteiger partial charge is 0.347 e. The lowest BCUT2D eigenvalue weighted by Gasteiger charge is -2.13. The number of nitriles is 1. The van der Waals surface area contributed by atoms with Gasteiger partial charge in [0, 0.05) is 12.6 Å². The summed E-state index contributed by atoms with van der Waals surface area (Å²) in [5.41, 5.74) is 1.27. The average molecular weight is 312 g/mol. The number of methoxy groups -OCH3 is 1. The number of anilines is 1. The standard InChI is InChI=1S/C16H16N4O3/c1-4-23-16(21)12-14(18-2)19-13(20-15(12)22-3)11-7-5-6-10(8-11)9-17/h5-8H,4H2,1-3H3,(H,18,19,20). The molecule has 0 spiro atoms. The van der Waals surface area contributed by atoms with Crippen molar-refractivity contribution in [1.29, 1.82) is 5.26 Å². The van der Waals surface area contributed by atoms with Crippen molar-refractivity contribution in [2.45, 2.75) is 6.92 Å². The molecule has 0 aliphatic rings. The zero-order valence-corrected chi connectivity index (χ0v) is 13.1. The highest BCUT2D eigenvalue weighted by atomic mass is 16.5. The second kappa shape index (κ2) is 7.22. The molecule has 1 N–H and O–H groups in total. The van der Waals surface area contributed by atoms with Crippen LogP contribution in [0.2, 0.25) is 0 Å². The van der Waals surface area contributed by atoms with Gasteiger partial charge in [-0.25, -0.2) is 9.78 Å². The summed E-state index contributed by atoms with van der Waals surface area (Å²) in [6.45, 7) is 1.95. The number of rotatable bonds is 5. The topological polar surface area (TPSA) is 97.1 Å². The van der Waals surface area contributed by atoms with Crippen molar-refractivity contribution in [2.24, 2.45) is 0 Å². The van der Waals surface area contributed by atoms with Crippen molar-refractivity contribution in [1.82, 2.24) is 9.97 Å². The molecule has 0 amide bonds. The van der Waals surface area contributed by atoms with Crippen molar-refractivity contribution >= 4 is 11.8 Å². The van der Waals surface area contributed by atoms with Crippen LogP contribution in [0.3, 0.4) is 0 Å². The number of ether oxygens (including phenoxy) is 2. The molecule has 7 heteroatoms. The number of hydrogen-bond donors (Lipinski definition) is 1. The molecule has 2 rings (SSSR count). The molecule has 0 aliphatic carbocycles. The number of carbonyl (C=O) groups excluding carboxylic acids is 1. The summed E-state index contributed by atoms with van der Waals surface area (Å²) in [5.74, 6) is 0.190. The van der Waals surface area contributed by atoms with Gasteiger partial charge in [-0.05, 0) is 19.1 Å². The minimum Gasteiger partial charge on any atom is -0.480 e. The van der Waals surface area contributed by atoms with Crippen LogP contribution >= 0.6 is 0 Å². The number of esters is 1. The maximum atomic E-state index is 12.1. The third-order valence-electron chi connectivity index (χ3n) is 3.04. The normalized spacial score (nSPS) is 9.83.